The molecule has 1 amide bonds. The fraction of sp³-hybridized carbons (Fsp3) is 0.400. The van der Waals surface area contributed by atoms with Crippen LogP contribution < -0.4 is 5.32 Å². The highest BCUT2D eigenvalue weighted by atomic mass is 16.7. The number of ether oxygens (including phenoxy) is 2. The summed E-state index contributed by atoms with van der Waals surface area (Å²) in [6.45, 7) is 6.81. The molecule has 0 aliphatic carbocycles. The van der Waals surface area contributed by atoms with Crippen molar-refractivity contribution in [1.29, 1.82) is 0 Å². The lowest BCUT2D eigenvalue weighted by Gasteiger charge is -2.50. The molecule has 7 nitrogen and oxygen atoms in total. The number of benzene rings is 2. The number of nitrogens with one attached hydrogen (secondary N) is 1. The highest BCUT2D eigenvalue weighted by Gasteiger charge is 2.81. The number of fused-ring (bicyclic) bond motifs is 2. The molecule has 0 bridgehead atoms. The van der Waals surface area contributed by atoms with Crippen LogP contribution in [-0.4, -0.2) is 42.1 Å². The van der Waals surface area contributed by atoms with Gasteiger partial charge in [0, 0.05) is 31.6 Å². The Morgan fingerprint density at radius 1 is 0.906 bits per heavy atom. The molecule has 0 saturated carbocycles. The van der Waals surface area contributed by atoms with Gasteiger partial charge in [0.1, 0.15) is 5.54 Å². The van der Waals surface area contributed by atoms with E-state index < -0.39 is 34.1 Å². The van der Waals surface area contributed by atoms with Gasteiger partial charge in [0.25, 0.3) is 11.7 Å². The number of cyclic esters (lactones) is 2. The Bertz CT molecular complexity index is 1150. The fourth-order valence-corrected chi connectivity index (χ4v) is 6.05. The van der Waals surface area contributed by atoms with Crippen LogP contribution in [0.15, 0.2) is 48.5 Å². The minimum Gasteiger partial charge on any atom is -0.422 e. The van der Waals surface area contributed by atoms with Crippen molar-refractivity contribution in [2.24, 2.45) is 5.41 Å². The first-order valence-corrected chi connectivity index (χ1v) is 10.7. The van der Waals surface area contributed by atoms with E-state index in [1.54, 1.807) is 11.9 Å². The number of rotatable bonds is 1. The van der Waals surface area contributed by atoms with Crippen molar-refractivity contribution in [2.45, 2.75) is 44.4 Å². The lowest BCUT2D eigenvalue weighted by Crippen LogP contribution is -2.66. The van der Waals surface area contributed by atoms with Gasteiger partial charge >= 0.3 is 11.9 Å². The van der Waals surface area contributed by atoms with Crippen LogP contribution in [0, 0.1) is 12.3 Å². The molecule has 3 aliphatic heterocycles. The number of hydrogen-bond donors (Lipinski definition) is 1. The van der Waals surface area contributed by atoms with Gasteiger partial charge in [-0.05, 0) is 25.6 Å². The Morgan fingerprint density at radius 3 is 2.12 bits per heavy atom. The molecule has 7 heteroatoms. The van der Waals surface area contributed by atoms with Crippen molar-refractivity contribution in [3.63, 3.8) is 0 Å². The number of likely N-dealkylation sites (N-methyl/N-ethyl adjacent to an activating group) is 1. The quantitative estimate of drug-likeness (QED) is 0.549. The molecule has 3 heterocycles. The zero-order chi connectivity index (χ0) is 23.1. The minimum absolute atomic E-state index is 0.0210. The largest absolute Gasteiger partial charge is 0.422 e. The number of amides is 1. The molecule has 0 radical (unpaired) electrons. The average molecular weight is 434 g/mol. The first-order chi connectivity index (χ1) is 15.0. The number of aryl methyl sites for hydroxylation is 1. The van der Waals surface area contributed by atoms with Gasteiger partial charge in [-0.15, -0.1) is 0 Å². The van der Waals surface area contributed by atoms with Gasteiger partial charge in [-0.2, -0.15) is 0 Å². The second kappa shape index (κ2) is 6.19. The van der Waals surface area contributed by atoms with Crippen LogP contribution in [-0.2, 0) is 34.8 Å². The lowest BCUT2D eigenvalue weighted by molar-refractivity contribution is -0.254. The van der Waals surface area contributed by atoms with Crippen molar-refractivity contribution >= 4 is 23.5 Å². The summed E-state index contributed by atoms with van der Waals surface area (Å²) >= 11 is 0. The molecule has 2 aromatic rings. The van der Waals surface area contributed by atoms with Crippen molar-refractivity contribution in [1.82, 2.24) is 4.90 Å². The van der Waals surface area contributed by atoms with E-state index in [1.807, 2.05) is 62.4 Å². The SMILES string of the molecule is Cc1ccc(C2(C)C3(CN(C)C24C(=O)Nc2ccccc24)C(=O)OC(C)(C)OC3=O)cc1. The van der Waals surface area contributed by atoms with E-state index in [-0.39, 0.29) is 12.5 Å². The summed E-state index contributed by atoms with van der Waals surface area (Å²) in [5.74, 6) is -3.02. The van der Waals surface area contributed by atoms with E-state index in [1.165, 1.54) is 13.8 Å². The average Bonchev–Trinajstić information content (AvgIpc) is 3.13. The Morgan fingerprint density at radius 2 is 1.50 bits per heavy atom. The summed E-state index contributed by atoms with van der Waals surface area (Å²) in [5.41, 5.74) is -1.27. The number of likely N-dealkylation sites (tertiary alicyclic amines) is 1. The predicted molar refractivity (Wildman–Crippen MR) is 117 cm³/mol. The number of carbonyl (C=O) groups excluding carboxylic acids is 3. The summed E-state index contributed by atoms with van der Waals surface area (Å²) in [6.07, 6.45) is 0. The smallest absolute Gasteiger partial charge is 0.329 e. The maximum absolute atomic E-state index is 13.8. The minimum atomic E-state index is -1.73. The molecule has 2 unspecified atom stereocenters. The standard InChI is InChI=1S/C25H26N2O5/c1-15-10-12-16(13-11-15)23(4)24(20(29)31-22(2,3)32-21(24)30)14-27(5)25(23)17-8-6-7-9-18(17)26-19(25)28/h6-13H,14H2,1-5H3,(H,26,28). The number of carbonyl (C=O) groups is 3. The molecule has 2 fully saturated rings. The van der Waals surface area contributed by atoms with Gasteiger partial charge in [-0.3, -0.25) is 19.3 Å². The van der Waals surface area contributed by atoms with Gasteiger partial charge in [0.15, 0.2) is 5.41 Å². The van der Waals surface area contributed by atoms with Crippen LogP contribution in [0.4, 0.5) is 5.69 Å². The molecular formula is C25H26N2O5. The van der Waals surface area contributed by atoms with Crippen LogP contribution in [0.3, 0.4) is 0 Å². The molecule has 2 saturated heterocycles. The predicted octanol–water partition coefficient (Wildman–Crippen LogP) is 2.87. The van der Waals surface area contributed by atoms with Crippen LogP contribution in [0.5, 0.6) is 0 Å². The van der Waals surface area contributed by atoms with E-state index >= 15 is 0 Å². The Hall–Kier alpha value is -3.19. The Balaban J connectivity index is 1.88. The highest BCUT2D eigenvalue weighted by molar-refractivity contribution is 6.12. The molecular weight excluding hydrogens is 408 g/mol. The molecule has 166 valence electrons. The van der Waals surface area contributed by atoms with Gasteiger partial charge in [-0.25, -0.2) is 0 Å². The third-order valence-corrected chi connectivity index (χ3v) is 7.52. The normalized spacial score (nSPS) is 30.2. The molecule has 0 aromatic heterocycles. The second-order valence-electron chi connectivity index (χ2n) is 9.64. The van der Waals surface area contributed by atoms with E-state index in [2.05, 4.69) is 5.32 Å². The number of anilines is 1. The van der Waals surface area contributed by atoms with Gasteiger partial charge in [-0.1, -0.05) is 55.0 Å². The third-order valence-electron chi connectivity index (χ3n) is 7.52. The Kier molecular flexibility index (Phi) is 4.01. The van der Waals surface area contributed by atoms with Gasteiger partial charge < -0.3 is 14.8 Å². The monoisotopic (exact) mass is 434 g/mol. The number of para-hydroxylation sites is 1. The third kappa shape index (κ3) is 2.17. The summed E-state index contributed by atoms with van der Waals surface area (Å²) in [5, 5.41) is 2.98. The van der Waals surface area contributed by atoms with E-state index in [0.717, 1.165) is 11.1 Å². The summed E-state index contributed by atoms with van der Waals surface area (Å²) in [4.78, 5) is 43.1. The highest BCUT2D eigenvalue weighted by Crippen LogP contribution is 2.66. The van der Waals surface area contributed by atoms with Crippen LogP contribution >= 0.6 is 0 Å². The van der Waals surface area contributed by atoms with Crippen LogP contribution in [0.2, 0.25) is 0 Å². The Labute approximate surface area is 186 Å². The lowest BCUT2D eigenvalue weighted by atomic mass is 9.53. The maximum atomic E-state index is 13.8. The summed E-state index contributed by atoms with van der Waals surface area (Å²) in [7, 11) is 1.77. The molecule has 2 aromatic carbocycles. The van der Waals surface area contributed by atoms with Crippen LogP contribution in [0.25, 0.3) is 0 Å². The maximum Gasteiger partial charge on any atom is 0.329 e. The second-order valence-corrected chi connectivity index (χ2v) is 9.64. The van der Waals surface area contributed by atoms with Crippen molar-refractivity contribution in [2.75, 3.05) is 18.9 Å². The van der Waals surface area contributed by atoms with Crippen LogP contribution in [0.1, 0.15) is 37.5 Å². The molecule has 2 atom stereocenters. The molecule has 2 spiro atoms. The topological polar surface area (TPSA) is 84.9 Å². The number of hydrogen-bond acceptors (Lipinski definition) is 6. The molecule has 32 heavy (non-hydrogen) atoms. The first-order valence-electron chi connectivity index (χ1n) is 10.7. The first kappa shape index (κ1) is 20.7. The molecule has 3 aliphatic rings. The van der Waals surface area contributed by atoms with Crippen molar-refractivity contribution in [3.8, 4) is 0 Å². The van der Waals surface area contributed by atoms with E-state index in [0.29, 0.717) is 11.3 Å². The summed E-state index contributed by atoms with van der Waals surface area (Å²) < 4.78 is 11.3. The zero-order valence-corrected chi connectivity index (χ0v) is 18.8. The van der Waals surface area contributed by atoms with Gasteiger partial charge in [0.05, 0.1) is 5.41 Å². The number of nitrogens with zero attached hydrogens (tertiary/aromatic N) is 1. The van der Waals surface area contributed by atoms with Crippen molar-refractivity contribution in [3.05, 3.63) is 65.2 Å². The van der Waals surface area contributed by atoms with E-state index in [4.69, 9.17) is 9.47 Å². The van der Waals surface area contributed by atoms with E-state index in [9.17, 15) is 14.4 Å². The van der Waals surface area contributed by atoms with Crippen molar-refractivity contribution < 1.29 is 23.9 Å². The van der Waals surface area contributed by atoms with Gasteiger partial charge in [0.2, 0.25) is 0 Å². The molecule has 1 N–H and O–H groups in total. The number of esters is 2. The zero-order valence-electron chi connectivity index (χ0n) is 18.8. The summed E-state index contributed by atoms with van der Waals surface area (Å²) in [6, 6.07) is 15.0. The molecule has 5 rings (SSSR count). The fourth-order valence-electron chi connectivity index (χ4n) is 6.05.